The van der Waals surface area contributed by atoms with Gasteiger partial charge in [-0.15, -0.1) is 0 Å². The fraction of sp³-hybridized carbons (Fsp3) is 0.125. The molecule has 1 saturated carbocycles. The molecule has 0 unspecified atom stereocenters. The first-order chi connectivity index (χ1) is 24.8. The van der Waals surface area contributed by atoms with Crippen LogP contribution in [0.5, 0.6) is 0 Å². The highest BCUT2D eigenvalue weighted by molar-refractivity contribution is 6.13. The van der Waals surface area contributed by atoms with Crippen molar-refractivity contribution in [1.29, 1.82) is 0 Å². The van der Waals surface area contributed by atoms with Crippen LogP contribution in [0.1, 0.15) is 43.2 Å². The van der Waals surface area contributed by atoms with Crippen LogP contribution in [-0.4, -0.2) is 0 Å². The van der Waals surface area contributed by atoms with Gasteiger partial charge in [0.2, 0.25) is 0 Å². The average Bonchev–Trinajstić information content (AvgIpc) is 3.58. The molecule has 8 aromatic rings. The second kappa shape index (κ2) is 12.9. The first-order valence-electron chi connectivity index (χ1n) is 17.9. The summed E-state index contributed by atoms with van der Waals surface area (Å²) in [6.45, 7) is 0. The molecule has 0 atom stereocenters. The molecule has 0 N–H and O–H groups in total. The first-order valence-corrected chi connectivity index (χ1v) is 17.9. The van der Waals surface area contributed by atoms with E-state index >= 15 is 0 Å². The highest BCUT2D eigenvalue weighted by Crippen LogP contribution is 2.46. The third-order valence-corrected chi connectivity index (χ3v) is 10.8. The Kier molecular flexibility index (Phi) is 7.78. The van der Waals surface area contributed by atoms with Crippen LogP contribution in [0.3, 0.4) is 0 Å². The van der Waals surface area contributed by atoms with Gasteiger partial charge in [-0.3, -0.25) is 0 Å². The predicted octanol–water partition coefficient (Wildman–Crippen LogP) is 13.6. The third-order valence-electron chi connectivity index (χ3n) is 10.8. The van der Waals surface area contributed by atoms with Gasteiger partial charge in [0.1, 0.15) is 11.2 Å². The van der Waals surface area contributed by atoms with Crippen molar-refractivity contribution in [2.75, 3.05) is 4.90 Å². The van der Waals surface area contributed by atoms with Crippen molar-refractivity contribution in [3.63, 3.8) is 0 Å². The summed E-state index contributed by atoms with van der Waals surface area (Å²) in [6, 6.07) is 63.7. The van der Waals surface area contributed by atoms with Crippen LogP contribution in [0.15, 0.2) is 180 Å². The molecule has 0 spiro atoms. The zero-order valence-corrected chi connectivity index (χ0v) is 28.1. The van der Waals surface area contributed by atoms with E-state index in [9.17, 15) is 0 Å². The monoisotopic (exact) mass is 645 g/mol. The minimum Gasteiger partial charge on any atom is -0.456 e. The largest absolute Gasteiger partial charge is 0.456 e. The molecule has 0 aliphatic heterocycles. The third kappa shape index (κ3) is 5.38. The van der Waals surface area contributed by atoms with E-state index in [0.717, 1.165) is 39.0 Å². The summed E-state index contributed by atoms with van der Waals surface area (Å²) >= 11 is 0. The van der Waals surface area contributed by atoms with Crippen LogP contribution in [0, 0.1) is 0 Å². The van der Waals surface area contributed by atoms with Crippen LogP contribution in [0.4, 0.5) is 17.1 Å². The van der Waals surface area contributed by atoms with Crippen molar-refractivity contribution < 1.29 is 4.42 Å². The van der Waals surface area contributed by atoms with Crippen LogP contribution in [0.2, 0.25) is 0 Å². The van der Waals surface area contributed by atoms with Gasteiger partial charge >= 0.3 is 0 Å². The second-order valence-corrected chi connectivity index (χ2v) is 13.6. The smallest absolute Gasteiger partial charge is 0.137 e. The highest BCUT2D eigenvalue weighted by Gasteiger charge is 2.35. The van der Waals surface area contributed by atoms with E-state index in [1.807, 2.05) is 0 Å². The lowest BCUT2D eigenvalue weighted by atomic mass is 9.65. The Morgan fingerprint density at radius 2 is 0.980 bits per heavy atom. The molecule has 2 heteroatoms. The van der Waals surface area contributed by atoms with Crippen molar-refractivity contribution in [3.8, 4) is 22.3 Å². The van der Waals surface area contributed by atoms with Gasteiger partial charge in [-0.05, 0) is 88.7 Å². The Labute approximate surface area is 294 Å². The molecule has 1 aromatic heterocycles. The number of furan rings is 1. The van der Waals surface area contributed by atoms with Gasteiger partial charge in [-0.25, -0.2) is 0 Å². The van der Waals surface area contributed by atoms with Crippen LogP contribution >= 0.6 is 0 Å². The highest BCUT2D eigenvalue weighted by atomic mass is 16.3. The molecule has 7 aromatic carbocycles. The summed E-state index contributed by atoms with van der Waals surface area (Å²) < 4.78 is 6.59. The Bertz CT molecular complexity index is 2370. The molecule has 2 nitrogen and oxygen atoms in total. The molecule has 0 bridgehead atoms. The molecular formula is C48H39NO. The fourth-order valence-electron chi connectivity index (χ4n) is 8.28. The number of hydrogen-bond donors (Lipinski definition) is 0. The maximum Gasteiger partial charge on any atom is 0.137 e. The Hall–Kier alpha value is -5.86. The number of benzene rings is 7. The lowest BCUT2D eigenvalue weighted by molar-refractivity contribution is 0.346. The Morgan fingerprint density at radius 1 is 0.420 bits per heavy atom. The van der Waals surface area contributed by atoms with E-state index < -0.39 is 0 Å². The summed E-state index contributed by atoms with van der Waals surface area (Å²) in [7, 11) is 0. The van der Waals surface area contributed by atoms with Gasteiger partial charge in [0.15, 0.2) is 0 Å². The summed E-state index contributed by atoms with van der Waals surface area (Å²) in [5.41, 5.74) is 12.8. The van der Waals surface area contributed by atoms with E-state index in [0.29, 0.717) is 0 Å². The van der Waals surface area contributed by atoms with Gasteiger partial charge in [-0.1, -0.05) is 147 Å². The van der Waals surface area contributed by atoms with Crippen molar-refractivity contribution in [1.82, 2.24) is 0 Å². The van der Waals surface area contributed by atoms with E-state index in [1.54, 1.807) is 0 Å². The van der Waals surface area contributed by atoms with Crippen molar-refractivity contribution in [2.45, 2.75) is 37.5 Å². The van der Waals surface area contributed by atoms with E-state index in [-0.39, 0.29) is 5.41 Å². The number of hydrogen-bond acceptors (Lipinski definition) is 2. The van der Waals surface area contributed by atoms with Crippen LogP contribution in [-0.2, 0) is 5.41 Å². The molecule has 1 fully saturated rings. The average molecular weight is 646 g/mol. The zero-order valence-electron chi connectivity index (χ0n) is 28.1. The number of nitrogens with zero attached hydrogens (tertiary/aromatic N) is 1. The van der Waals surface area contributed by atoms with Crippen LogP contribution < -0.4 is 4.90 Å². The minimum atomic E-state index is 0.0594. The molecule has 242 valence electrons. The van der Waals surface area contributed by atoms with Crippen LogP contribution in [0.25, 0.3) is 44.2 Å². The molecule has 0 amide bonds. The number of fused-ring (bicyclic) bond motifs is 3. The topological polar surface area (TPSA) is 16.4 Å². The van der Waals surface area contributed by atoms with Crippen molar-refractivity contribution in [3.05, 3.63) is 187 Å². The predicted molar refractivity (Wildman–Crippen MR) is 210 cm³/mol. The molecule has 50 heavy (non-hydrogen) atoms. The number of anilines is 3. The standard InChI is InChI=1S/C48H39NO/c1-5-14-35(15-6-1)36-22-26-40(27-23-36)49(41-28-24-39(25-29-41)48(32-11-4-12-33-48)38-18-9-3-10-19-38)42-30-31-44-46(34-42)50-45-21-13-20-43(47(44)45)37-16-7-2-8-17-37/h1-3,5-10,13-31,34H,4,11-12,32-33H2. The van der Waals surface area contributed by atoms with Gasteiger partial charge < -0.3 is 9.32 Å². The molecule has 0 saturated heterocycles. The van der Waals surface area contributed by atoms with Gasteiger partial charge in [0, 0.05) is 39.3 Å². The van der Waals surface area contributed by atoms with Gasteiger partial charge in [0.05, 0.1) is 0 Å². The maximum atomic E-state index is 6.59. The minimum absolute atomic E-state index is 0.0594. The molecule has 1 aliphatic rings. The molecular weight excluding hydrogens is 607 g/mol. The lowest BCUT2D eigenvalue weighted by Gasteiger charge is -2.39. The lowest BCUT2D eigenvalue weighted by Crippen LogP contribution is -2.30. The molecule has 0 radical (unpaired) electrons. The summed E-state index contributed by atoms with van der Waals surface area (Å²) in [4.78, 5) is 2.36. The quantitative estimate of drug-likeness (QED) is 0.171. The summed E-state index contributed by atoms with van der Waals surface area (Å²) in [5, 5.41) is 2.28. The van der Waals surface area contributed by atoms with Gasteiger partial charge in [-0.2, -0.15) is 0 Å². The normalized spacial score (nSPS) is 14.2. The first kappa shape index (κ1) is 30.2. The summed E-state index contributed by atoms with van der Waals surface area (Å²) in [6.07, 6.45) is 6.22. The van der Waals surface area contributed by atoms with E-state index in [2.05, 4.69) is 181 Å². The van der Waals surface area contributed by atoms with E-state index in [4.69, 9.17) is 4.42 Å². The Balaban J connectivity index is 1.16. The summed E-state index contributed by atoms with van der Waals surface area (Å²) in [5.74, 6) is 0. The zero-order chi connectivity index (χ0) is 33.3. The SMILES string of the molecule is c1ccc(-c2ccc(N(c3ccc(C4(c5ccccc5)CCCCC4)cc3)c3ccc4c(c3)oc3cccc(-c5ccccc5)c34)cc2)cc1. The number of rotatable bonds is 7. The van der Waals surface area contributed by atoms with Crippen molar-refractivity contribution in [2.24, 2.45) is 0 Å². The molecule has 9 rings (SSSR count). The molecule has 1 heterocycles. The molecule has 1 aliphatic carbocycles. The fourth-order valence-corrected chi connectivity index (χ4v) is 8.28. The Morgan fingerprint density at radius 3 is 1.66 bits per heavy atom. The van der Waals surface area contributed by atoms with Gasteiger partial charge in [0.25, 0.3) is 0 Å². The van der Waals surface area contributed by atoms with E-state index in [1.165, 1.54) is 65.5 Å². The maximum absolute atomic E-state index is 6.59. The second-order valence-electron chi connectivity index (χ2n) is 13.6. The van der Waals surface area contributed by atoms with Crippen molar-refractivity contribution >= 4 is 39.0 Å².